The van der Waals surface area contributed by atoms with Gasteiger partial charge in [0.2, 0.25) is 0 Å². The van der Waals surface area contributed by atoms with Crippen molar-refractivity contribution in [3.63, 3.8) is 0 Å². The fourth-order valence-electron chi connectivity index (χ4n) is 2.70. The van der Waals surface area contributed by atoms with Gasteiger partial charge < -0.3 is 4.90 Å². The molecule has 0 saturated heterocycles. The first-order chi connectivity index (χ1) is 10.4. The van der Waals surface area contributed by atoms with Crippen LogP contribution in [0.15, 0.2) is 30.3 Å². The Morgan fingerprint density at radius 3 is 2.27 bits per heavy atom. The van der Waals surface area contributed by atoms with Crippen LogP contribution in [0.1, 0.15) is 27.9 Å². The molecule has 0 spiro atoms. The van der Waals surface area contributed by atoms with Gasteiger partial charge in [0.25, 0.3) is 0 Å². The van der Waals surface area contributed by atoms with Gasteiger partial charge in [0, 0.05) is 18.8 Å². The number of fused-ring (bicyclic) bond motifs is 1. The van der Waals surface area contributed by atoms with Crippen molar-refractivity contribution >= 4 is 5.82 Å². The van der Waals surface area contributed by atoms with E-state index in [2.05, 4.69) is 4.98 Å². The van der Waals surface area contributed by atoms with Gasteiger partial charge in [-0.05, 0) is 24.1 Å². The molecular formula is C16H12F3N3. The summed E-state index contributed by atoms with van der Waals surface area (Å²) in [5, 5.41) is 9.21. The topological polar surface area (TPSA) is 39.9 Å². The molecule has 2 aromatic rings. The van der Waals surface area contributed by atoms with Gasteiger partial charge in [-0.3, -0.25) is 0 Å². The molecule has 1 aliphatic rings. The largest absolute Gasteiger partial charge is 0.417 e. The highest BCUT2D eigenvalue weighted by atomic mass is 19.4. The van der Waals surface area contributed by atoms with Crippen molar-refractivity contribution in [2.24, 2.45) is 0 Å². The second kappa shape index (κ2) is 5.02. The van der Waals surface area contributed by atoms with E-state index in [1.54, 1.807) is 11.0 Å². The minimum absolute atomic E-state index is 0.103. The number of hydrogen-bond acceptors (Lipinski definition) is 3. The van der Waals surface area contributed by atoms with E-state index in [9.17, 15) is 18.4 Å². The fraction of sp³-hybridized carbons (Fsp3) is 0.250. The lowest BCUT2D eigenvalue weighted by atomic mass is 10.1. The van der Waals surface area contributed by atoms with Crippen LogP contribution in [0.2, 0.25) is 0 Å². The summed E-state index contributed by atoms with van der Waals surface area (Å²) in [4.78, 5) is 5.90. The van der Waals surface area contributed by atoms with Gasteiger partial charge >= 0.3 is 6.18 Å². The Kier molecular flexibility index (Phi) is 3.28. The molecule has 1 aliphatic heterocycles. The summed E-state index contributed by atoms with van der Waals surface area (Å²) >= 11 is 0. The normalized spacial score (nSPS) is 13.9. The third-order valence-electron chi connectivity index (χ3n) is 3.69. The standard InChI is InChI=1S/C16H12F3N3/c1-10-6-14(16(17,18)19)13(7-20)15(21-10)22-8-11-4-2-3-5-12(11)9-22/h2-6H,8-9H2,1H3. The first-order valence-corrected chi connectivity index (χ1v) is 6.71. The quantitative estimate of drug-likeness (QED) is 0.804. The number of nitrogens with zero attached hydrogens (tertiary/aromatic N) is 3. The molecule has 0 radical (unpaired) electrons. The van der Waals surface area contributed by atoms with Crippen LogP contribution in [0.3, 0.4) is 0 Å². The third-order valence-corrected chi connectivity index (χ3v) is 3.69. The smallest absolute Gasteiger partial charge is 0.347 e. The molecule has 2 heterocycles. The number of benzene rings is 1. The molecule has 0 N–H and O–H groups in total. The summed E-state index contributed by atoms with van der Waals surface area (Å²) in [5.74, 6) is 0.103. The van der Waals surface area contributed by atoms with Crippen LogP contribution in [0.5, 0.6) is 0 Å². The Hall–Kier alpha value is -2.55. The summed E-state index contributed by atoms with van der Waals surface area (Å²) in [6.07, 6.45) is -4.57. The summed E-state index contributed by atoms with van der Waals surface area (Å²) in [5.41, 5.74) is 1.00. The minimum atomic E-state index is -4.57. The molecule has 0 aliphatic carbocycles. The lowest BCUT2D eigenvalue weighted by Gasteiger charge is -2.21. The van der Waals surface area contributed by atoms with Crippen LogP contribution in [-0.2, 0) is 19.3 Å². The zero-order valence-electron chi connectivity index (χ0n) is 11.8. The van der Waals surface area contributed by atoms with Crippen molar-refractivity contribution in [3.05, 3.63) is 58.3 Å². The number of anilines is 1. The molecule has 0 amide bonds. The number of pyridine rings is 1. The predicted octanol–water partition coefficient (Wildman–Crippen LogP) is 3.80. The Labute approximate surface area is 125 Å². The molecule has 0 unspecified atom stereocenters. The van der Waals surface area contributed by atoms with Crippen molar-refractivity contribution in [3.8, 4) is 6.07 Å². The maximum atomic E-state index is 13.1. The first-order valence-electron chi connectivity index (χ1n) is 6.71. The number of halogens is 3. The average Bonchev–Trinajstić information content (AvgIpc) is 2.89. The van der Waals surface area contributed by atoms with Crippen LogP contribution >= 0.6 is 0 Å². The van der Waals surface area contributed by atoms with Gasteiger partial charge in [-0.15, -0.1) is 0 Å². The lowest BCUT2D eigenvalue weighted by molar-refractivity contribution is -0.137. The first kappa shape index (κ1) is 14.4. The predicted molar refractivity (Wildman–Crippen MR) is 75.0 cm³/mol. The second-order valence-electron chi connectivity index (χ2n) is 5.24. The average molecular weight is 303 g/mol. The van der Waals surface area contributed by atoms with E-state index in [4.69, 9.17) is 0 Å². The third kappa shape index (κ3) is 2.39. The molecule has 0 saturated carbocycles. The van der Waals surface area contributed by atoms with Crippen molar-refractivity contribution in [1.29, 1.82) is 5.26 Å². The van der Waals surface area contributed by atoms with Crippen LogP contribution in [-0.4, -0.2) is 4.98 Å². The van der Waals surface area contributed by atoms with Crippen molar-refractivity contribution in [2.75, 3.05) is 4.90 Å². The molecule has 112 valence electrons. The highest BCUT2D eigenvalue weighted by molar-refractivity contribution is 5.61. The summed E-state index contributed by atoms with van der Waals surface area (Å²) < 4.78 is 39.4. The lowest BCUT2D eigenvalue weighted by Crippen LogP contribution is -2.20. The van der Waals surface area contributed by atoms with Gasteiger partial charge in [-0.2, -0.15) is 18.4 Å². The van der Waals surface area contributed by atoms with Gasteiger partial charge in [0.15, 0.2) is 0 Å². The molecule has 1 aromatic heterocycles. The Balaban J connectivity index is 2.10. The van der Waals surface area contributed by atoms with E-state index in [0.29, 0.717) is 13.1 Å². The zero-order chi connectivity index (χ0) is 15.9. The molecule has 3 rings (SSSR count). The maximum absolute atomic E-state index is 13.1. The van der Waals surface area contributed by atoms with Gasteiger partial charge in [-0.1, -0.05) is 24.3 Å². The van der Waals surface area contributed by atoms with E-state index in [-0.39, 0.29) is 11.5 Å². The van der Waals surface area contributed by atoms with Crippen LogP contribution in [0.25, 0.3) is 0 Å². The highest BCUT2D eigenvalue weighted by Crippen LogP contribution is 2.37. The molecule has 0 fully saturated rings. The molecule has 22 heavy (non-hydrogen) atoms. The Bertz CT molecular complexity index is 750. The number of nitriles is 1. The van der Waals surface area contributed by atoms with Crippen molar-refractivity contribution in [2.45, 2.75) is 26.2 Å². The summed E-state index contributed by atoms with van der Waals surface area (Å²) in [6.45, 7) is 2.42. The Morgan fingerprint density at radius 2 is 1.77 bits per heavy atom. The molecule has 1 aromatic carbocycles. The summed E-state index contributed by atoms with van der Waals surface area (Å²) in [7, 11) is 0. The number of aryl methyl sites for hydroxylation is 1. The van der Waals surface area contributed by atoms with E-state index < -0.39 is 17.3 Å². The summed E-state index contributed by atoms with van der Waals surface area (Å²) in [6, 6.07) is 10.2. The van der Waals surface area contributed by atoms with Crippen LogP contribution in [0, 0.1) is 18.3 Å². The maximum Gasteiger partial charge on any atom is 0.417 e. The van der Waals surface area contributed by atoms with Gasteiger partial charge in [0.1, 0.15) is 17.5 Å². The second-order valence-corrected chi connectivity index (χ2v) is 5.24. The van der Waals surface area contributed by atoms with E-state index >= 15 is 0 Å². The molecule has 6 heteroatoms. The van der Waals surface area contributed by atoms with Gasteiger partial charge in [0.05, 0.1) is 5.56 Å². The number of alkyl halides is 3. The SMILES string of the molecule is Cc1cc(C(F)(F)F)c(C#N)c(N2Cc3ccccc3C2)n1. The fourth-order valence-corrected chi connectivity index (χ4v) is 2.70. The minimum Gasteiger partial charge on any atom is -0.347 e. The molecular weight excluding hydrogens is 291 g/mol. The highest BCUT2D eigenvalue weighted by Gasteiger charge is 2.37. The van der Waals surface area contributed by atoms with Gasteiger partial charge in [-0.25, -0.2) is 4.98 Å². The van der Waals surface area contributed by atoms with E-state index in [0.717, 1.165) is 17.2 Å². The monoisotopic (exact) mass is 303 g/mol. The van der Waals surface area contributed by atoms with E-state index in [1.165, 1.54) is 6.92 Å². The zero-order valence-corrected chi connectivity index (χ0v) is 11.8. The number of hydrogen-bond donors (Lipinski definition) is 0. The van der Waals surface area contributed by atoms with Crippen molar-refractivity contribution in [1.82, 2.24) is 4.98 Å². The van der Waals surface area contributed by atoms with E-state index in [1.807, 2.05) is 24.3 Å². The van der Waals surface area contributed by atoms with Crippen molar-refractivity contribution < 1.29 is 13.2 Å². The van der Waals surface area contributed by atoms with Crippen LogP contribution in [0.4, 0.5) is 19.0 Å². The number of rotatable bonds is 1. The molecule has 0 atom stereocenters. The molecule has 3 nitrogen and oxygen atoms in total. The molecule has 0 bridgehead atoms. The number of aromatic nitrogens is 1. The Morgan fingerprint density at radius 1 is 1.18 bits per heavy atom. The van der Waals surface area contributed by atoms with Crippen LogP contribution < -0.4 is 4.90 Å².